The molecule has 7 heteroatoms. The molecule has 0 radical (unpaired) electrons. The zero-order chi connectivity index (χ0) is 16.8. The molecule has 25 heavy (non-hydrogen) atoms. The van der Waals surface area contributed by atoms with E-state index in [1.54, 1.807) is 34.4 Å². The summed E-state index contributed by atoms with van der Waals surface area (Å²) in [6.45, 7) is 0. The Kier molecular flexibility index (Phi) is 4.08. The first kappa shape index (κ1) is 15.9. The summed E-state index contributed by atoms with van der Waals surface area (Å²) >= 11 is 11.8. The molecule has 1 fully saturated rings. The highest BCUT2D eigenvalue weighted by Gasteiger charge is 2.30. The second kappa shape index (κ2) is 6.43. The summed E-state index contributed by atoms with van der Waals surface area (Å²) in [7, 11) is 0. The van der Waals surface area contributed by atoms with E-state index in [4.69, 9.17) is 11.6 Å². The molecule has 1 aliphatic carbocycles. The molecule has 0 saturated heterocycles. The summed E-state index contributed by atoms with van der Waals surface area (Å²) in [5.74, 6) is 1.83. The minimum Gasteiger partial charge on any atom is -0.298 e. The average molecular weight is 404 g/mol. The van der Waals surface area contributed by atoms with Crippen molar-refractivity contribution < 1.29 is 0 Å². The van der Waals surface area contributed by atoms with Gasteiger partial charge in [0, 0.05) is 26.8 Å². The van der Waals surface area contributed by atoms with Gasteiger partial charge in [-0.25, -0.2) is 0 Å². The molecule has 3 aromatic heterocycles. The fourth-order valence-electron chi connectivity index (χ4n) is 2.90. The Bertz CT molecular complexity index is 1030. The van der Waals surface area contributed by atoms with Crippen LogP contribution in [-0.2, 0) is 5.75 Å². The van der Waals surface area contributed by atoms with Crippen molar-refractivity contribution >= 4 is 56.1 Å². The topological polar surface area (TPSA) is 30.7 Å². The van der Waals surface area contributed by atoms with Crippen molar-refractivity contribution in [3.05, 3.63) is 51.7 Å². The van der Waals surface area contributed by atoms with Gasteiger partial charge in [0.1, 0.15) is 0 Å². The molecule has 0 amide bonds. The molecule has 0 atom stereocenters. The smallest absolute Gasteiger partial charge is 0.192 e. The molecular weight excluding hydrogens is 390 g/mol. The second-order valence-electron chi connectivity index (χ2n) is 6.01. The lowest BCUT2D eigenvalue weighted by Crippen LogP contribution is -1.98. The van der Waals surface area contributed by atoms with Gasteiger partial charge in [0.15, 0.2) is 11.0 Å². The largest absolute Gasteiger partial charge is 0.298 e. The zero-order valence-electron chi connectivity index (χ0n) is 13.2. The van der Waals surface area contributed by atoms with E-state index in [0.717, 1.165) is 27.1 Å². The Labute approximate surface area is 162 Å². The standard InChI is InChI=1S/C18H14ClN3S3/c19-16-12-4-1-2-5-13(12)25-15(16)10-24-18-21-20-17(14-6-3-9-23-14)22(18)11-7-8-11/h1-6,9,11H,7-8,10H2. The predicted octanol–water partition coefficient (Wildman–Crippen LogP) is 6.50. The monoisotopic (exact) mass is 403 g/mol. The summed E-state index contributed by atoms with van der Waals surface area (Å²) in [5, 5.41) is 14.1. The van der Waals surface area contributed by atoms with Gasteiger partial charge in [0.25, 0.3) is 0 Å². The van der Waals surface area contributed by atoms with Crippen LogP contribution in [-0.4, -0.2) is 14.8 Å². The van der Waals surface area contributed by atoms with Crippen molar-refractivity contribution in [2.24, 2.45) is 0 Å². The van der Waals surface area contributed by atoms with Crippen molar-refractivity contribution in [2.75, 3.05) is 0 Å². The van der Waals surface area contributed by atoms with Crippen LogP contribution in [0.1, 0.15) is 23.8 Å². The van der Waals surface area contributed by atoms with Gasteiger partial charge in [0.2, 0.25) is 0 Å². The van der Waals surface area contributed by atoms with Crippen LogP contribution in [0.5, 0.6) is 0 Å². The van der Waals surface area contributed by atoms with Crippen LogP contribution in [0, 0.1) is 0 Å². The third-order valence-corrected chi connectivity index (χ3v) is 7.98. The first-order valence-corrected chi connectivity index (χ1v) is 11.1. The highest BCUT2D eigenvalue weighted by atomic mass is 35.5. The highest BCUT2D eigenvalue weighted by molar-refractivity contribution is 7.98. The van der Waals surface area contributed by atoms with E-state index in [1.165, 1.54) is 27.3 Å². The number of thiophene rings is 2. The molecule has 1 saturated carbocycles. The summed E-state index contributed by atoms with van der Waals surface area (Å²) in [6, 6.07) is 13.0. The normalized spacial score (nSPS) is 14.4. The molecule has 0 unspecified atom stereocenters. The Balaban J connectivity index is 1.45. The van der Waals surface area contributed by atoms with Crippen LogP contribution in [0.4, 0.5) is 0 Å². The molecule has 5 rings (SSSR count). The summed E-state index contributed by atoms with van der Waals surface area (Å²) in [4.78, 5) is 2.39. The highest BCUT2D eigenvalue weighted by Crippen LogP contribution is 2.43. The molecule has 0 spiro atoms. The van der Waals surface area contributed by atoms with Crippen LogP contribution < -0.4 is 0 Å². The minimum absolute atomic E-state index is 0.549. The van der Waals surface area contributed by atoms with Crippen molar-refractivity contribution in [3.8, 4) is 10.7 Å². The van der Waals surface area contributed by atoms with Crippen molar-refractivity contribution in [2.45, 2.75) is 29.8 Å². The lowest BCUT2D eigenvalue weighted by molar-refractivity contribution is 0.670. The molecular formula is C18H14ClN3S3. The molecule has 1 aromatic carbocycles. The zero-order valence-corrected chi connectivity index (χ0v) is 16.4. The van der Waals surface area contributed by atoms with E-state index < -0.39 is 0 Å². The number of hydrogen-bond acceptors (Lipinski definition) is 5. The van der Waals surface area contributed by atoms with Gasteiger partial charge in [-0.15, -0.1) is 32.9 Å². The first-order valence-electron chi connectivity index (χ1n) is 8.09. The van der Waals surface area contributed by atoms with E-state index in [1.807, 2.05) is 6.07 Å². The lowest BCUT2D eigenvalue weighted by atomic mass is 10.2. The van der Waals surface area contributed by atoms with Gasteiger partial charge < -0.3 is 0 Å². The second-order valence-corrected chi connectivity index (χ2v) is 9.41. The fourth-order valence-corrected chi connectivity index (χ4v) is 6.27. The minimum atomic E-state index is 0.549. The Morgan fingerprint density at radius 3 is 2.80 bits per heavy atom. The number of hydrogen-bond donors (Lipinski definition) is 0. The van der Waals surface area contributed by atoms with Crippen LogP contribution in [0.2, 0.25) is 5.02 Å². The Hall–Kier alpha value is -1.34. The molecule has 126 valence electrons. The van der Waals surface area contributed by atoms with E-state index >= 15 is 0 Å². The van der Waals surface area contributed by atoms with Crippen molar-refractivity contribution in [3.63, 3.8) is 0 Å². The number of halogens is 1. The molecule has 3 nitrogen and oxygen atoms in total. The summed E-state index contributed by atoms with van der Waals surface area (Å²) in [5.41, 5.74) is 0. The molecule has 4 aromatic rings. The number of nitrogens with zero attached hydrogens (tertiary/aromatic N) is 3. The SMILES string of the molecule is Clc1c(CSc2nnc(-c3cccs3)n2C2CC2)sc2ccccc12. The molecule has 0 bridgehead atoms. The fraction of sp³-hybridized carbons (Fsp3) is 0.222. The Morgan fingerprint density at radius 2 is 2.04 bits per heavy atom. The number of aromatic nitrogens is 3. The van der Waals surface area contributed by atoms with Crippen LogP contribution >= 0.6 is 46.0 Å². The van der Waals surface area contributed by atoms with Gasteiger partial charge in [-0.1, -0.05) is 47.6 Å². The summed E-state index contributed by atoms with van der Waals surface area (Å²) in [6.07, 6.45) is 2.43. The van der Waals surface area contributed by atoms with E-state index in [2.05, 4.69) is 50.5 Å². The van der Waals surface area contributed by atoms with Gasteiger partial charge in [-0.3, -0.25) is 4.57 Å². The number of thioether (sulfide) groups is 1. The Morgan fingerprint density at radius 1 is 1.16 bits per heavy atom. The van der Waals surface area contributed by atoms with Gasteiger partial charge in [-0.05, 0) is 30.4 Å². The third-order valence-electron chi connectivity index (χ3n) is 4.25. The first-order chi connectivity index (χ1) is 12.3. The molecule has 0 aliphatic heterocycles. The van der Waals surface area contributed by atoms with E-state index in [-0.39, 0.29) is 0 Å². The number of fused-ring (bicyclic) bond motifs is 1. The summed E-state index contributed by atoms with van der Waals surface area (Å²) < 4.78 is 3.56. The molecule has 1 aliphatic rings. The van der Waals surface area contributed by atoms with Crippen molar-refractivity contribution in [1.29, 1.82) is 0 Å². The lowest BCUT2D eigenvalue weighted by Gasteiger charge is -2.07. The van der Waals surface area contributed by atoms with E-state index in [9.17, 15) is 0 Å². The third kappa shape index (κ3) is 2.91. The van der Waals surface area contributed by atoms with Gasteiger partial charge >= 0.3 is 0 Å². The van der Waals surface area contributed by atoms with Gasteiger partial charge in [0.05, 0.1) is 9.90 Å². The van der Waals surface area contributed by atoms with Crippen molar-refractivity contribution in [1.82, 2.24) is 14.8 Å². The molecule has 0 N–H and O–H groups in total. The van der Waals surface area contributed by atoms with Crippen LogP contribution in [0.25, 0.3) is 20.8 Å². The maximum absolute atomic E-state index is 6.58. The average Bonchev–Trinajstić information content (AvgIpc) is 3.06. The quantitative estimate of drug-likeness (QED) is 0.356. The van der Waals surface area contributed by atoms with E-state index in [0.29, 0.717) is 6.04 Å². The van der Waals surface area contributed by atoms with Gasteiger partial charge in [-0.2, -0.15) is 0 Å². The number of benzene rings is 1. The molecule has 3 heterocycles. The van der Waals surface area contributed by atoms with Crippen LogP contribution in [0.15, 0.2) is 46.9 Å². The maximum Gasteiger partial charge on any atom is 0.192 e. The van der Waals surface area contributed by atoms with Crippen LogP contribution in [0.3, 0.4) is 0 Å². The number of rotatable bonds is 5. The predicted molar refractivity (Wildman–Crippen MR) is 108 cm³/mol. The maximum atomic E-state index is 6.58.